The zero-order valence-corrected chi connectivity index (χ0v) is 7.13. The van der Waals surface area contributed by atoms with Gasteiger partial charge in [-0.25, -0.2) is 0 Å². The van der Waals surface area contributed by atoms with Gasteiger partial charge in [0.1, 0.15) is 0 Å². The van der Waals surface area contributed by atoms with Gasteiger partial charge in [-0.3, -0.25) is 9.00 Å². The van der Waals surface area contributed by atoms with E-state index in [-0.39, 0.29) is 0 Å². The molecule has 4 nitrogen and oxygen atoms in total. The Morgan fingerprint density at radius 3 is 3.08 bits per heavy atom. The Bertz CT molecular complexity index is 369. The zero-order chi connectivity index (χ0) is 8.72. The van der Waals surface area contributed by atoms with Crippen molar-refractivity contribution >= 4 is 16.7 Å². The third-order valence-electron chi connectivity index (χ3n) is 1.92. The van der Waals surface area contributed by atoms with E-state index in [0.717, 1.165) is 5.69 Å². The molecule has 1 amide bonds. The van der Waals surface area contributed by atoms with Crippen molar-refractivity contribution in [2.75, 3.05) is 0 Å². The predicted molar refractivity (Wildman–Crippen MR) is 44.8 cm³/mol. The van der Waals surface area contributed by atoms with Crippen molar-refractivity contribution in [2.24, 2.45) is 5.73 Å². The van der Waals surface area contributed by atoms with Gasteiger partial charge in [0, 0.05) is 22.7 Å². The van der Waals surface area contributed by atoms with Crippen LogP contribution in [-0.2, 0) is 22.4 Å². The molecule has 0 saturated carbocycles. The summed E-state index contributed by atoms with van der Waals surface area (Å²) in [6.07, 6.45) is 1.75. The fourth-order valence-corrected chi connectivity index (χ4v) is 2.63. The third kappa shape index (κ3) is 0.972. The molecule has 0 saturated heterocycles. The van der Waals surface area contributed by atoms with E-state index in [9.17, 15) is 9.00 Å². The Morgan fingerprint density at radius 2 is 2.42 bits per heavy atom. The van der Waals surface area contributed by atoms with Gasteiger partial charge in [0.25, 0.3) is 5.91 Å². The largest absolute Gasteiger partial charge is 0.366 e. The first-order valence-corrected chi connectivity index (χ1v) is 5.00. The third-order valence-corrected chi connectivity index (χ3v) is 3.09. The van der Waals surface area contributed by atoms with Crippen LogP contribution in [0.4, 0.5) is 0 Å². The fourth-order valence-electron chi connectivity index (χ4n) is 1.36. The summed E-state index contributed by atoms with van der Waals surface area (Å²) in [7, 11) is -0.860. The molecule has 1 aromatic rings. The average molecular weight is 184 g/mol. The maximum atomic E-state index is 11.1. The van der Waals surface area contributed by atoms with Crippen molar-refractivity contribution in [3.63, 3.8) is 0 Å². The number of rotatable bonds is 1. The molecule has 0 fully saturated rings. The molecule has 1 aromatic heterocycles. The number of fused-ring (bicyclic) bond motifs is 1. The Balaban J connectivity index is 2.50. The molecule has 0 spiro atoms. The molecular weight excluding hydrogens is 176 g/mol. The van der Waals surface area contributed by atoms with Crippen LogP contribution in [-0.4, -0.2) is 14.7 Å². The summed E-state index contributed by atoms with van der Waals surface area (Å²) in [4.78, 5) is 10.8. The number of carbonyl (C=O) groups excluding carboxylic acids is 1. The van der Waals surface area contributed by atoms with Gasteiger partial charge in [0.15, 0.2) is 0 Å². The standard InChI is InChI=1S/C7H8N2O2S/c8-7(10)5-1-2-9-4-12(11)3-6(5)9/h1-2H,3-4H2,(H2,8,10). The fraction of sp³-hybridized carbons (Fsp3) is 0.286. The first kappa shape index (κ1) is 7.54. The van der Waals surface area contributed by atoms with Gasteiger partial charge in [-0.2, -0.15) is 0 Å². The molecule has 1 unspecified atom stereocenters. The monoisotopic (exact) mass is 184 g/mol. The number of hydrogen-bond donors (Lipinski definition) is 1. The number of carbonyl (C=O) groups is 1. The van der Waals surface area contributed by atoms with Crippen molar-refractivity contribution in [3.05, 3.63) is 23.5 Å². The van der Waals surface area contributed by atoms with Crippen LogP contribution in [0.3, 0.4) is 0 Å². The van der Waals surface area contributed by atoms with Crippen LogP contribution in [0.2, 0.25) is 0 Å². The van der Waals surface area contributed by atoms with Crippen LogP contribution in [0, 0.1) is 0 Å². The van der Waals surface area contributed by atoms with Crippen molar-refractivity contribution in [3.8, 4) is 0 Å². The highest BCUT2D eigenvalue weighted by Gasteiger charge is 2.21. The van der Waals surface area contributed by atoms with Crippen molar-refractivity contribution in [1.82, 2.24) is 4.57 Å². The minimum atomic E-state index is -0.860. The van der Waals surface area contributed by atoms with Gasteiger partial charge in [-0.05, 0) is 6.07 Å². The van der Waals surface area contributed by atoms with Gasteiger partial charge >= 0.3 is 0 Å². The molecule has 1 aliphatic heterocycles. The molecule has 1 atom stereocenters. The highest BCUT2D eigenvalue weighted by molar-refractivity contribution is 7.83. The molecule has 0 radical (unpaired) electrons. The van der Waals surface area contributed by atoms with Gasteiger partial charge in [-0.1, -0.05) is 0 Å². The van der Waals surface area contributed by atoms with E-state index in [2.05, 4.69) is 0 Å². The van der Waals surface area contributed by atoms with Gasteiger partial charge in [0.2, 0.25) is 0 Å². The van der Waals surface area contributed by atoms with Crippen molar-refractivity contribution in [1.29, 1.82) is 0 Å². The predicted octanol–water partition coefficient (Wildman–Crippen LogP) is -0.193. The summed E-state index contributed by atoms with van der Waals surface area (Å²) >= 11 is 0. The SMILES string of the molecule is NC(=O)c1ccn2c1CS(=O)C2. The van der Waals surface area contributed by atoms with Gasteiger partial charge < -0.3 is 10.3 Å². The second kappa shape index (κ2) is 2.45. The topological polar surface area (TPSA) is 65.1 Å². The van der Waals surface area contributed by atoms with Crippen LogP contribution in [0.5, 0.6) is 0 Å². The summed E-state index contributed by atoms with van der Waals surface area (Å²) in [5.74, 6) is 0.496. The lowest BCUT2D eigenvalue weighted by Gasteiger charge is -1.93. The Morgan fingerprint density at radius 1 is 1.67 bits per heavy atom. The number of primary amides is 1. The molecule has 2 heterocycles. The van der Waals surface area contributed by atoms with Crippen LogP contribution in [0.15, 0.2) is 12.3 Å². The minimum Gasteiger partial charge on any atom is -0.366 e. The van der Waals surface area contributed by atoms with E-state index in [1.165, 1.54) is 0 Å². The van der Waals surface area contributed by atoms with Crippen molar-refractivity contribution < 1.29 is 9.00 Å². The Labute approximate surface area is 71.8 Å². The van der Waals surface area contributed by atoms with E-state index in [4.69, 9.17) is 5.73 Å². The number of nitrogens with zero attached hydrogens (tertiary/aromatic N) is 1. The maximum Gasteiger partial charge on any atom is 0.250 e. The maximum absolute atomic E-state index is 11.1. The molecule has 2 rings (SSSR count). The second-order valence-corrected chi connectivity index (χ2v) is 4.15. The number of nitrogens with two attached hydrogens (primary N) is 1. The molecule has 2 N–H and O–H groups in total. The summed E-state index contributed by atoms with van der Waals surface area (Å²) in [6, 6.07) is 1.67. The molecule has 12 heavy (non-hydrogen) atoms. The van der Waals surface area contributed by atoms with Crippen LogP contribution < -0.4 is 5.73 Å². The molecule has 64 valence electrons. The van der Waals surface area contributed by atoms with E-state index in [1.54, 1.807) is 12.3 Å². The summed E-state index contributed by atoms with van der Waals surface area (Å²) in [5, 5.41) is 0. The highest BCUT2D eigenvalue weighted by atomic mass is 32.2. The highest BCUT2D eigenvalue weighted by Crippen LogP contribution is 2.19. The van der Waals surface area contributed by atoms with E-state index in [1.807, 2.05) is 4.57 Å². The van der Waals surface area contributed by atoms with Crippen LogP contribution in [0.25, 0.3) is 0 Å². The molecule has 0 bridgehead atoms. The summed E-state index contributed by atoms with van der Waals surface area (Å²) in [5.41, 5.74) is 6.43. The van der Waals surface area contributed by atoms with E-state index in [0.29, 0.717) is 17.2 Å². The van der Waals surface area contributed by atoms with E-state index >= 15 is 0 Å². The van der Waals surface area contributed by atoms with Gasteiger partial charge in [0.05, 0.1) is 17.2 Å². The van der Waals surface area contributed by atoms with Crippen LogP contribution >= 0.6 is 0 Å². The van der Waals surface area contributed by atoms with Gasteiger partial charge in [-0.15, -0.1) is 0 Å². The second-order valence-electron chi connectivity index (χ2n) is 2.72. The molecule has 0 aromatic carbocycles. The lowest BCUT2D eigenvalue weighted by molar-refractivity contribution is 0.0999. The first-order chi connectivity index (χ1) is 5.68. The normalized spacial score (nSPS) is 20.8. The lowest BCUT2D eigenvalue weighted by Crippen LogP contribution is -2.12. The summed E-state index contributed by atoms with van der Waals surface area (Å²) < 4.78 is 12.9. The summed E-state index contributed by atoms with van der Waals surface area (Å²) in [6.45, 7) is 0. The van der Waals surface area contributed by atoms with Crippen LogP contribution in [0.1, 0.15) is 16.1 Å². The minimum absolute atomic E-state index is 0.442. The molecular formula is C7H8N2O2S. The Hall–Kier alpha value is -1.10. The average Bonchev–Trinajstić information content (AvgIpc) is 2.43. The lowest BCUT2D eigenvalue weighted by atomic mass is 10.2. The molecule has 1 aliphatic rings. The zero-order valence-electron chi connectivity index (χ0n) is 6.32. The quantitative estimate of drug-likeness (QED) is 0.657. The molecule has 5 heteroatoms. The number of amides is 1. The number of aromatic nitrogens is 1. The number of hydrogen-bond acceptors (Lipinski definition) is 2. The smallest absolute Gasteiger partial charge is 0.250 e. The molecule has 0 aliphatic carbocycles. The first-order valence-electron chi connectivity index (χ1n) is 3.51. The van der Waals surface area contributed by atoms with E-state index < -0.39 is 16.7 Å². The van der Waals surface area contributed by atoms with Crippen molar-refractivity contribution in [2.45, 2.75) is 11.6 Å². The Kier molecular flexibility index (Phi) is 1.54.